The minimum atomic E-state index is -0.585. The van der Waals surface area contributed by atoms with Crippen molar-refractivity contribution in [2.45, 2.75) is 58.1 Å². The molecule has 160 valence electrons. The summed E-state index contributed by atoms with van der Waals surface area (Å²) in [6.45, 7) is 3.93. The summed E-state index contributed by atoms with van der Waals surface area (Å²) in [7, 11) is 0. The lowest BCUT2D eigenvalue weighted by Crippen LogP contribution is -2.47. The molecule has 0 aliphatic heterocycles. The molecule has 1 aliphatic rings. The Labute approximate surface area is 183 Å². The molecule has 2 atom stereocenters. The maximum atomic E-state index is 13.6. The summed E-state index contributed by atoms with van der Waals surface area (Å²) in [6, 6.07) is 13.8. The Balaban J connectivity index is 1.78. The number of hydrogen-bond acceptors (Lipinski definition) is 4. The van der Waals surface area contributed by atoms with Crippen molar-refractivity contribution in [1.29, 1.82) is 5.41 Å². The largest absolute Gasteiger partial charge is 0.391 e. The van der Waals surface area contributed by atoms with Crippen LogP contribution in [0, 0.1) is 19.3 Å². The van der Waals surface area contributed by atoms with Gasteiger partial charge in [-0.3, -0.25) is 20.1 Å². The van der Waals surface area contributed by atoms with Crippen molar-refractivity contribution >= 4 is 23.0 Å². The molecule has 31 heavy (non-hydrogen) atoms. The zero-order valence-corrected chi connectivity index (χ0v) is 18.1. The first-order valence-electron chi connectivity index (χ1n) is 10.9. The van der Waals surface area contributed by atoms with Crippen LogP contribution < -0.4 is 0 Å². The summed E-state index contributed by atoms with van der Waals surface area (Å²) >= 11 is 0. The lowest BCUT2D eigenvalue weighted by Gasteiger charge is -2.35. The molecule has 0 spiro atoms. The second kappa shape index (κ2) is 8.98. The number of fused-ring (bicyclic) bond motifs is 1. The minimum absolute atomic E-state index is 0.215. The molecule has 1 amide bonds. The first kappa shape index (κ1) is 21.2. The highest BCUT2D eigenvalue weighted by Crippen LogP contribution is 2.30. The quantitative estimate of drug-likeness (QED) is 0.464. The molecule has 1 aromatic heterocycles. The van der Waals surface area contributed by atoms with Crippen molar-refractivity contribution in [2.24, 2.45) is 0 Å². The number of nitrogens with zero attached hydrogens (tertiary/aromatic N) is 2. The van der Waals surface area contributed by atoms with Crippen molar-refractivity contribution < 1.29 is 9.90 Å². The second-order valence-electron chi connectivity index (χ2n) is 8.50. The normalized spacial score (nSPS) is 18.7. The average Bonchev–Trinajstić information content (AvgIpc) is 2.79. The minimum Gasteiger partial charge on any atom is -0.391 e. The molecule has 0 unspecified atom stereocenters. The number of aromatic nitrogens is 1. The Bertz CT molecular complexity index is 1110. The van der Waals surface area contributed by atoms with E-state index in [1.807, 2.05) is 50.4 Å². The van der Waals surface area contributed by atoms with Crippen LogP contribution in [0.2, 0.25) is 0 Å². The lowest BCUT2D eigenvalue weighted by molar-refractivity contribution is 0.0414. The topological polar surface area (TPSA) is 77.3 Å². The molecule has 1 aliphatic carbocycles. The summed E-state index contributed by atoms with van der Waals surface area (Å²) in [5.74, 6) is -0.215. The maximum absolute atomic E-state index is 13.6. The zero-order chi connectivity index (χ0) is 22.0. The second-order valence-corrected chi connectivity index (χ2v) is 8.50. The standard InChI is InChI=1S/C26H29N3O2/c1-17-11-12-19(15-28-17)13-20-14-23(18(2)21-7-3-4-8-22(20)21)26(31)29(16-27)24-9-5-6-10-25(24)30/h3-4,7-8,11-12,14-16,24-25,27,30H,5-6,9-10,13H2,1-2H3/t24-,25-/m0/s1. The molecule has 4 rings (SSSR count). The van der Waals surface area contributed by atoms with Crippen molar-refractivity contribution in [3.05, 3.63) is 76.6 Å². The number of benzene rings is 2. The van der Waals surface area contributed by atoms with Crippen LogP contribution in [0.1, 0.15) is 58.4 Å². The fraction of sp³-hybridized carbons (Fsp3) is 0.346. The molecule has 2 N–H and O–H groups in total. The van der Waals surface area contributed by atoms with Gasteiger partial charge in [0.2, 0.25) is 0 Å². The number of rotatable bonds is 5. The third-order valence-corrected chi connectivity index (χ3v) is 6.42. The van der Waals surface area contributed by atoms with Gasteiger partial charge < -0.3 is 5.11 Å². The molecule has 3 aromatic rings. The van der Waals surface area contributed by atoms with Crippen LogP contribution in [-0.2, 0) is 6.42 Å². The highest BCUT2D eigenvalue weighted by atomic mass is 16.3. The monoisotopic (exact) mass is 415 g/mol. The Kier molecular flexibility index (Phi) is 6.14. The van der Waals surface area contributed by atoms with Gasteiger partial charge in [0.1, 0.15) is 0 Å². The van der Waals surface area contributed by atoms with Gasteiger partial charge in [-0.25, -0.2) is 0 Å². The van der Waals surface area contributed by atoms with Gasteiger partial charge in [-0.2, -0.15) is 0 Å². The van der Waals surface area contributed by atoms with Crippen LogP contribution in [0.3, 0.4) is 0 Å². The van der Waals surface area contributed by atoms with E-state index in [-0.39, 0.29) is 11.9 Å². The molecule has 1 heterocycles. The zero-order valence-electron chi connectivity index (χ0n) is 18.1. The molecule has 1 saturated carbocycles. The molecular formula is C26H29N3O2. The molecule has 2 aromatic carbocycles. The van der Waals surface area contributed by atoms with Gasteiger partial charge in [0, 0.05) is 17.5 Å². The smallest absolute Gasteiger partial charge is 0.259 e. The number of aliphatic hydroxyl groups is 1. The van der Waals surface area contributed by atoms with Gasteiger partial charge in [-0.05, 0) is 72.7 Å². The Morgan fingerprint density at radius 3 is 2.58 bits per heavy atom. The number of pyridine rings is 1. The van der Waals surface area contributed by atoms with Crippen LogP contribution in [0.4, 0.5) is 0 Å². The molecule has 0 radical (unpaired) electrons. The van der Waals surface area contributed by atoms with Crippen LogP contribution in [0.5, 0.6) is 0 Å². The summed E-state index contributed by atoms with van der Waals surface area (Å²) in [5, 5.41) is 20.5. The van der Waals surface area contributed by atoms with Gasteiger partial charge in [-0.15, -0.1) is 0 Å². The van der Waals surface area contributed by atoms with E-state index >= 15 is 0 Å². The third-order valence-electron chi connectivity index (χ3n) is 6.42. The maximum Gasteiger partial charge on any atom is 0.259 e. The first-order chi connectivity index (χ1) is 15.0. The summed E-state index contributed by atoms with van der Waals surface area (Å²) < 4.78 is 0. The number of carbonyl (C=O) groups excluding carboxylic acids is 1. The van der Waals surface area contributed by atoms with E-state index in [9.17, 15) is 9.90 Å². The fourth-order valence-electron chi connectivity index (χ4n) is 4.65. The average molecular weight is 416 g/mol. The van der Waals surface area contributed by atoms with Crippen molar-refractivity contribution in [1.82, 2.24) is 9.88 Å². The number of aliphatic hydroxyl groups excluding tert-OH is 1. The third kappa shape index (κ3) is 4.23. The van der Waals surface area contributed by atoms with Crippen LogP contribution in [0.15, 0.2) is 48.7 Å². The first-order valence-corrected chi connectivity index (χ1v) is 10.9. The number of amides is 1. The van der Waals surface area contributed by atoms with Crippen LogP contribution in [0.25, 0.3) is 10.8 Å². The molecular weight excluding hydrogens is 386 g/mol. The van der Waals surface area contributed by atoms with Gasteiger partial charge in [0.05, 0.1) is 18.5 Å². The van der Waals surface area contributed by atoms with Crippen molar-refractivity contribution in [2.75, 3.05) is 0 Å². The van der Waals surface area contributed by atoms with Gasteiger partial charge in [0.25, 0.3) is 5.91 Å². The van der Waals surface area contributed by atoms with Crippen LogP contribution in [-0.4, -0.2) is 39.4 Å². The SMILES string of the molecule is Cc1ccc(Cc2cc(C(=O)N(C=N)[C@H]3CCCC[C@@H]3O)c(C)c3ccccc23)cn1. The van der Waals surface area contributed by atoms with Crippen molar-refractivity contribution in [3.8, 4) is 0 Å². The fourth-order valence-corrected chi connectivity index (χ4v) is 4.65. The van der Waals surface area contributed by atoms with E-state index < -0.39 is 6.10 Å². The predicted octanol–water partition coefficient (Wildman–Crippen LogP) is 4.80. The molecule has 0 saturated heterocycles. The van der Waals surface area contributed by atoms with E-state index in [1.54, 1.807) is 0 Å². The highest BCUT2D eigenvalue weighted by Gasteiger charge is 2.32. The van der Waals surface area contributed by atoms with Gasteiger partial charge in [-0.1, -0.05) is 43.2 Å². The molecule has 5 heteroatoms. The van der Waals surface area contributed by atoms with E-state index in [2.05, 4.69) is 17.1 Å². The summed E-state index contributed by atoms with van der Waals surface area (Å²) in [6.07, 6.45) is 6.36. The highest BCUT2D eigenvalue weighted by molar-refractivity contribution is 6.06. The Hall–Kier alpha value is -3.05. The number of aryl methyl sites for hydroxylation is 2. The lowest BCUT2D eigenvalue weighted by atomic mass is 9.89. The van der Waals surface area contributed by atoms with E-state index in [0.29, 0.717) is 18.4 Å². The summed E-state index contributed by atoms with van der Waals surface area (Å²) in [5.41, 5.74) is 4.62. The van der Waals surface area contributed by atoms with E-state index in [1.165, 1.54) is 4.90 Å². The molecule has 1 fully saturated rings. The number of nitrogens with one attached hydrogen (secondary N) is 1. The van der Waals surface area contributed by atoms with Gasteiger partial charge >= 0.3 is 0 Å². The van der Waals surface area contributed by atoms with Crippen LogP contribution >= 0.6 is 0 Å². The van der Waals surface area contributed by atoms with Gasteiger partial charge in [0.15, 0.2) is 0 Å². The number of carbonyl (C=O) groups is 1. The summed E-state index contributed by atoms with van der Waals surface area (Å²) in [4.78, 5) is 19.4. The van der Waals surface area contributed by atoms with E-state index in [0.717, 1.165) is 58.8 Å². The van der Waals surface area contributed by atoms with Crippen molar-refractivity contribution in [3.63, 3.8) is 0 Å². The predicted molar refractivity (Wildman–Crippen MR) is 124 cm³/mol. The molecule has 0 bridgehead atoms. The Morgan fingerprint density at radius 2 is 1.90 bits per heavy atom. The molecule has 5 nitrogen and oxygen atoms in total. The Morgan fingerprint density at radius 1 is 1.16 bits per heavy atom. The van der Waals surface area contributed by atoms with E-state index in [4.69, 9.17) is 5.41 Å². The number of hydrogen-bond donors (Lipinski definition) is 2.